The van der Waals surface area contributed by atoms with Gasteiger partial charge in [-0.05, 0) is 36.4 Å². The van der Waals surface area contributed by atoms with E-state index in [-0.39, 0.29) is 5.95 Å². The standard InChI is InChI=1S/C15H16N4O4S/c1-22-12-7-5-11(6-8-12)14-17-15(19(18-14)24(2,20)21)16-10-13-4-3-9-23-13/h3-9H,10H2,1-2H3,(H,16,17,18). The molecule has 0 amide bonds. The molecule has 8 nitrogen and oxygen atoms in total. The number of methoxy groups -OCH3 is 1. The van der Waals surface area contributed by atoms with Gasteiger partial charge in [0, 0.05) is 5.56 Å². The zero-order valence-corrected chi connectivity index (χ0v) is 13.9. The molecule has 0 unspecified atom stereocenters. The van der Waals surface area contributed by atoms with E-state index in [0.717, 1.165) is 10.3 Å². The summed E-state index contributed by atoms with van der Waals surface area (Å²) >= 11 is 0. The summed E-state index contributed by atoms with van der Waals surface area (Å²) in [6, 6.07) is 10.6. The van der Waals surface area contributed by atoms with Gasteiger partial charge in [-0.1, -0.05) is 0 Å². The van der Waals surface area contributed by atoms with Crippen molar-refractivity contribution >= 4 is 16.0 Å². The Hall–Kier alpha value is -2.81. The van der Waals surface area contributed by atoms with E-state index in [4.69, 9.17) is 9.15 Å². The molecule has 1 aromatic carbocycles. The Morgan fingerprint density at radius 2 is 2.00 bits per heavy atom. The Labute approximate surface area is 139 Å². The molecule has 0 saturated heterocycles. The summed E-state index contributed by atoms with van der Waals surface area (Å²) in [5, 5.41) is 7.02. The Balaban J connectivity index is 1.93. The molecule has 9 heteroatoms. The van der Waals surface area contributed by atoms with Crippen LogP contribution in [0.2, 0.25) is 0 Å². The molecular weight excluding hydrogens is 332 g/mol. The second-order valence-corrected chi connectivity index (χ2v) is 6.84. The smallest absolute Gasteiger partial charge is 0.254 e. The molecule has 3 rings (SSSR count). The van der Waals surface area contributed by atoms with Crippen molar-refractivity contribution in [1.29, 1.82) is 0 Å². The van der Waals surface area contributed by atoms with E-state index < -0.39 is 10.0 Å². The van der Waals surface area contributed by atoms with Gasteiger partial charge in [-0.25, -0.2) is 8.42 Å². The van der Waals surface area contributed by atoms with Crippen LogP contribution in [0, 0.1) is 0 Å². The van der Waals surface area contributed by atoms with Gasteiger partial charge in [0.15, 0.2) is 5.82 Å². The van der Waals surface area contributed by atoms with Crippen LogP contribution in [0.4, 0.5) is 5.95 Å². The first kappa shape index (κ1) is 16.1. The molecule has 0 aliphatic carbocycles. The first-order valence-corrected chi connectivity index (χ1v) is 8.90. The number of benzene rings is 1. The molecule has 0 spiro atoms. The summed E-state index contributed by atoms with van der Waals surface area (Å²) in [4.78, 5) is 4.28. The third kappa shape index (κ3) is 3.40. The Bertz CT molecular complexity index is 915. The van der Waals surface area contributed by atoms with E-state index in [1.807, 2.05) is 0 Å². The van der Waals surface area contributed by atoms with Crippen LogP contribution in [0.25, 0.3) is 11.4 Å². The van der Waals surface area contributed by atoms with Crippen LogP contribution >= 0.6 is 0 Å². The number of hydrogen-bond acceptors (Lipinski definition) is 7. The fourth-order valence-corrected chi connectivity index (χ4v) is 2.72. The highest BCUT2D eigenvalue weighted by atomic mass is 32.2. The van der Waals surface area contributed by atoms with Gasteiger partial charge in [0.2, 0.25) is 5.95 Å². The molecule has 0 saturated carbocycles. The highest BCUT2D eigenvalue weighted by Crippen LogP contribution is 2.22. The van der Waals surface area contributed by atoms with Crippen molar-refractivity contribution in [2.75, 3.05) is 18.7 Å². The predicted octanol–water partition coefficient (Wildman–Crippen LogP) is 1.97. The van der Waals surface area contributed by atoms with Crippen molar-refractivity contribution in [3.8, 4) is 17.1 Å². The SMILES string of the molecule is COc1ccc(-c2nc(NCc3ccco3)n(S(C)(=O)=O)n2)cc1. The highest BCUT2D eigenvalue weighted by Gasteiger charge is 2.18. The average Bonchev–Trinajstić information content (AvgIpc) is 3.22. The first-order valence-electron chi connectivity index (χ1n) is 7.05. The van der Waals surface area contributed by atoms with E-state index in [2.05, 4.69) is 15.4 Å². The molecule has 0 bridgehead atoms. The molecule has 126 valence electrons. The topological polar surface area (TPSA) is 99.2 Å². The molecule has 0 aliphatic rings. The summed E-state index contributed by atoms with van der Waals surface area (Å²) in [6.07, 6.45) is 2.61. The zero-order chi connectivity index (χ0) is 17.2. The van der Waals surface area contributed by atoms with Crippen LogP contribution < -0.4 is 10.1 Å². The summed E-state index contributed by atoms with van der Waals surface area (Å²) in [5.41, 5.74) is 0.680. The van der Waals surface area contributed by atoms with E-state index >= 15 is 0 Å². The zero-order valence-electron chi connectivity index (χ0n) is 13.1. The van der Waals surface area contributed by atoms with E-state index in [1.165, 1.54) is 0 Å². The minimum absolute atomic E-state index is 0.125. The van der Waals surface area contributed by atoms with Crippen molar-refractivity contribution in [3.63, 3.8) is 0 Å². The van der Waals surface area contributed by atoms with E-state index in [0.29, 0.717) is 29.4 Å². The van der Waals surface area contributed by atoms with Crippen molar-refractivity contribution in [3.05, 3.63) is 48.4 Å². The molecule has 3 aromatic rings. The molecule has 0 aliphatic heterocycles. The quantitative estimate of drug-likeness (QED) is 0.727. The van der Waals surface area contributed by atoms with Gasteiger partial charge in [-0.15, -0.1) is 9.19 Å². The second kappa shape index (κ2) is 6.36. The number of ether oxygens (including phenoxy) is 1. The van der Waals surface area contributed by atoms with Gasteiger partial charge < -0.3 is 14.5 Å². The lowest BCUT2D eigenvalue weighted by Crippen LogP contribution is -2.16. The van der Waals surface area contributed by atoms with Gasteiger partial charge in [0.05, 0.1) is 26.2 Å². The molecule has 0 fully saturated rings. The highest BCUT2D eigenvalue weighted by molar-refractivity contribution is 7.89. The van der Waals surface area contributed by atoms with Crippen molar-refractivity contribution in [2.45, 2.75) is 6.54 Å². The maximum absolute atomic E-state index is 11.9. The van der Waals surface area contributed by atoms with Crippen LogP contribution in [0.15, 0.2) is 47.1 Å². The normalized spacial score (nSPS) is 11.4. The van der Waals surface area contributed by atoms with E-state index in [1.54, 1.807) is 49.8 Å². The number of anilines is 1. The largest absolute Gasteiger partial charge is 0.497 e. The number of nitrogens with zero attached hydrogens (tertiary/aromatic N) is 3. The fraction of sp³-hybridized carbons (Fsp3) is 0.200. The Kier molecular flexibility index (Phi) is 4.26. The Morgan fingerprint density at radius 3 is 2.58 bits per heavy atom. The molecule has 0 radical (unpaired) electrons. The number of furan rings is 1. The lowest BCUT2D eigenvalue weighted by Gasteiger charge is -2.04. The van der Waals surface area contributed by atoms with Gasteiger partial charge in [0.1, 0.15) is 11.5 Å². The number of aromatic nitrogens is 3. The Morgan fingerprint density at radius 1 is 1.25 bits per heavy atom. The van der Waals surface area contributed by atoms with Crippen LogP contribution in [0.3, 0.4) is 0 Å². The van der Waals surface area contributed by atoms with Crippen molar-refractivity contribution in [2.24, 2.45) is 0 Å². The average molecular weight is 348 g/mol. The maximum atomic E-state index is 11.9. The number of nitrogens with one attached hydrogen (secondary N) is 1. The minimum atomic E-state index is -3.60. The molecule has 1 N–H and O–H groups in total. The summed E-state index contributed by atoms with van der Waals surface area (Å²) < 4.78 is 35.1. The minimum Gasteiger partial charge on any atom is -0.497 e. The summed E-state index contributed by atoms with van der Waals surface area (Å²) in [6.45, 7) is 0.295. The summed E-state index contributed by atoms with van der Waals surface area (Å²) in [5.74, 6) is 1.77. The molecule has 24 heavy (non-hydrogen) atoms. The van der Waals surface area contributed by atoms with Crippen LogP contribution in [-0.2, 0) is 16.6 Å². The molecule has 0 atom stereocenters. The lowest BCUT2D eigenvalue weighted by atomic mass is 10.2. The third-order valence-corrected chi connectivity index (χ3v) is 4.12. The second-order valence-electron chi connectivity index (χ2n) is 5.03. The van der Waals surface area contributed by atoms with Crippen molar-refractivity contribution in [1.82, 2.24) is 14.2 Å². The van der Waals surface area contributed by atoms with Crippen LogP contribution in [0.1, 0.15) is 5.76 Å². The predicted molar refractivity (Wildman–Crippen MR) is 88.3 cm³/mol. The molecule has 2 heterocycles. The van der Waals surface area contributed by atoms with Crippen LogP contribution in [-0.4, -0.2) is 36.0 Å². The van der Waals surface area contributed by atoms with Gasteiger partial charge in [-0.2, -0.15) is 4.98 Å². The monoisotopic (exact) mass is 348 g/mol. The van der Waals surface area contributed by atoms with E-state index in [9.17, 15) is 8.42 Å². The number of rotatable bonds is 6. The maximum Gasteiger partial charge on any atom is 0.254 e. The number of hydrogen-bond donors (Lipinski definition) is 1. The van der Waals surface area contributed by atoms with Gasteiger partial charge >= 0.3 is 0 Å². The first-order chi connectivity index (χ1) is 11.5. The fourth-order valence-electron chi connectivity index (χ4n) is 2.08. The lowest BCUT2D eigenvalue weighted by molar-refractivity contribution is 0.415. The molecular formula is C15H16N4O4S. The molecule has 2 aromatic heterocycles. The van der Waals surface area contributed by atoms with Crippen LogP contribution in [0.5, 0.6) is 5.75 Å². The third-order valence-electron chi connectivity index (χ3n) is 3.24. The van der Waals surface area contributed by atoms with Gasteiger partial charge in [0.25, 0.3) is 10.0 Å². The summed E-state index contributed by atoms with van der Waals surface area (Å²) in [7, 11) is -2.03. The van der Waals surface area contributed by atoms with Crippen molar-refractivity contribution < 1.29 is 17.6 Å². The van der Waals surface area contributed by atoms with Gasteiger partial charge in [-0.3, -0.25) is 0 Å².